The third-order valence-corrected chi connectivity index (χ3v) is 8.38. The van der Waals surface area contributed by atoms with Crippen LogP contribution in [0.2, 0.25) is 0 Å². The van der Waals surface area contributed by atoms with Crippen LogP contribution in [0.3, 0.4) is 0 Å². The van der Waals surface area contributed by atoms with Crippen LogP contribution in [-0.4, -0.2) is 45.2 Å². The molecule has 208 valence electrons. The number of ether oxygens (including phenoxy) is 1. The summed E-state index contributed by atoms with van der Waals surface area (Å²) in [5.41, 5.74) is 0.147. The molecule has 8 nitrogen and oxygen atoms in total. The second kappa shape index (κ2) is 11.2. The molecule has 2 aromatic heterocycles. The molecule has 1 aliphatic heterocycles. The lowest BCUT2D eigenvalue weighted by Crippen LogP contribution is -2.42. The average Bonchev–Trinajstić information content (AvgIpc) is 3.58. The van der Waals surface area contributed by atoms with Gasteiger partial charge in [-0.3, -0.25) is 4.79 Å². The largest absolute Gasteiger partial charge is 0.433 e. The lowest BCUT2D eigenvalue weighted by atomic mass is 9.82. The van der Waals surface area contributed by atoms with Gasteiger partial charge in [-0.05, 0) is 74.3 Å². The number of nitrogens with one attached hydrogen (secondary N) is 2. The van der Waals surface area contributed by atoms with Crippen LogP contribution in [0.5, 0.6) is 0 Å². The first-order chi connectivity index (χ1) is 18.6. The third kappa shape index (κ3) is 6.74. The monoisotopic (exact) mass is 561 g/mol. The van der Waals surface area contributed by atoms with Gasteiger partial charge in [0, 0.05) is 43.8 Å². The van der Waals surface area contributed by atoms with Crippen molar-refractivity contribution in [2.75, 3.05) is 18.5 Å². The van der Waals surface area contributed by atoms with E-state index in [1.165, 1.54) is 11.3 Å². The van der Waals surface area contributed by atoms with E-state index in [1.807, 2.05) is 13.0 Å². The van der Waals surface area contributed by atoms with Crippen molar-refractivity contribution < 1.29 is 27.8 Å². The third-order valence-electron chi connectivity index (χ3n) is 7.14. The summed E-state index contributed by atoms with van der Waals surface area (Å²) in [5.74, 6) is 0.173. The highest BCUT2D eigenvalue weighted by Gasteiger charge is 2.38. The second-order valence-electron chi connectivity index (χ2n) is 10.3. The van der Waals surface area contributed by atoms with Crippen LogP contribution >= 0.6 is 11.3 Å². The molecule has 1 saturated heterocycles. The van der Waals surface area contributed by atoms with E-state index in [9.17, 15) is 23.1 Å². The standard InChI is InChI=1S/C27H30F3N5O3S/c1-16-10-18(13-20(11-16)34-25-31-8-4-22(35-25)27(28,29)30)21-14-32-24(39-21)26(37)6-2-19(3-7-26)33-23(36)12-17-5-9-38-15-17/h4,8,10-11,13-14,17,19,37H,2-3,5-7,9,12,15H2,1H3,(H,33,36)(H,31,34,35). The van der Waals surface area contributed by atoms with Gasteiger partial charge in [0.25, 0.3) is 0 Å². The van der Waals surface area contributed by atoms with Crippen molar-refractivity contribution in [3.8, 4) is 10.4 Å². The highest BCUT2D eigenvalue weighted by molar-refractivity contribution is 7.15. The van der Waals surface area contributed by atoms with Crippen LogP contribution in [0.25, 0.3) is 10.4 Å². The SMILES string of the molecule is Cc1cc(Nc2nccc(C(F)(F)F)n2)cc(-c2cnc(C3(O)CCC(NC(=O)CC4CCOC4)CC3)s2)c1. The molecule has 1 aliphatic carbocycles. The van der Waals surface area contributed by atoms with E-state index in [-0.39, 0.29) is 23.8 Å². The zero-order chi connectivity index (χ0) is 27.6. The maximum absolute atomic E-state index is 13.0. The minimum absolute atomic E-state index is 0.0306. The van der Waals surface area contributed by atoms with E-state index >= 15 is 0 Å². The van der Waals surface area contributed by atoms with Crippen LogP contribution in [-0.2, 0) is 21.3 Å². The molecule has 1 aromatic carbocycles. The van der Waals surface area contributed by atoms with Gasteiger partial charge in [-0.1, -0.05) is 6.07 Å². The van der Waals surface area contributed by atoms with Crippen molar-refractivity contribution in [1.82, 2.24) is 20.3 Å². The smallest absolute Gasteiger partial charge is 0.383 e. The van der Waals surface area contributed by atoms with Crippen molar-refractivity contribution >= 4 is 28.9 Å². The maximum atomic E-state index is 13.0. The van der Waals surface area contributed by atoms with Gasteiger partial charge < -0.3 is 20.5 Å². The molecule has 1 amide bonds. The Hall–Kier alpha value is -3.09. The van der Waals surface area contributed by atoms with Crippen LogP contribution < -0.4 is 10.6 Å². The van der Waals surface area contributed by atoms with Crippen molar-refractivity contribution in [2.24, 2.45) is 5.92 Å². The quantitative estimate of drug-likeness (QED) is 0.357. The summed E-state index contributed by atoms with van der Waals surface area (Å²) < 4.78 is 44.4. The molecule has 0 spiro atoms. The fourth-order valence-corrected chi connectivity index (χ4v) is 6.12. The predicted molar refractivity (Wildman–Crippen MR) is 140 cm³/mol. The Kier molecular flexibility index (Phi) is 7.88. The molecule has 2 aliphatic rings. The van der Waals surface area contributed by atoms with Gasteiger partial charge in [0.15, 0.2) is 0 Å². The summed E-state index contributed by atoms with van der Waals surface area (Å²) in [5, 5.41) is 18.0. The number of aromatic nitrogens is 3. The van der Waals surface area contributed by atoms with Gasteiger partial charge >= 0.3 is 6.18 Å². The summed E-state index contributed by atoms with van der Waals surface area (Å²) in [4.78, 5) is 25.2. The molecule has 12 heteroatoms. The Balaban J connectivity index is 1.23. The van der Waals surface area contributed by atoms with Gasteiger partial charge in [0.1, 0.15) is 16.3 Å². The summed E-state index contributed by atoms with van der Waals surface area (Å²) in [6.07, 6.45) is 1.90. The van der Waals surface area contributed by atoms with Crippen LogP contribution in [0.4, 0.5) is 24.8 Å². The molecule has 39 heavy (non-hydrogen) atoms. The Labute approximate surface area is 228 Å². The zero-order valence-electron chi connectivity index (χ0n) is 21.4. The molecule has 2 fully saturated rings. The van der Waals surface area contributed by atoms with Crippen molar-refractivity contribution in [3.05, 3.63) is 52.9 Å². The number of carbonyl (C=O) groups is 1. The number of hydrogen-bond donors (Lipinski definition) is 3. The second-order valence-corrected chi connectivity index (χ2v) is 11.3. The molecular weight excluding hydrogens is 531 g/mol. The van der Waals surface area contributed by atoms with E-state index in [4.69, 9.17) is 4.74 Å². The molecule has 1 atom stereocenters. The number of aliphatic hydroxyl groups is 1. The summed E-state index contributed by atoms with van der Waals surface area (Å²) >= 11 is 1.39. The molecule has 3 aromatic rings. The zero-order valence-corrected chi connectivity index (χ0v) is 22.2. The van der Waals surface area contributed by atoms with Crippen LogP contribution in [0.1, 0.15) is 54.8 Å². The van der Waals surface area contributed by atoms with Gasteiger partial charge in [-0.25, -0.2) is 15.0 Å². The number of carbonyl (C=O) groups excluding carboxylic acids is 1. The van der Waals surface area contributed by atoms with Crippen molar-refractivity contribution in [3.63, 3.8) is 0 Å². The van der Waals surface area contributed by atoms with E-state index in [0.717, 1.165) is 41.3 Å². The van der Waals surface area contributed by atoms with Crippen LogP contribution in [0.15, 0.2) is 36.7 Å². The topological polar surface area (TPSA) is 109 Å². The first-order valence-electron chi connectivity index (χ1n) is 12.9. The summed E-state index contributed by atoms with van der Waals surface area (Å²) in [6, 6.07) is 6.38. The molecule has 1 saturated carbocycles. The molecular formula is C27H30F3N5O3S. The first kappa shape index (κ1) is 27.5. The van der Waals surface area contributed by atoms with E-state index in [2.05, 4.69) is 25.6 Å². The number of benzene rings is 1. The Morgan fingerprint density at radius 2 is 2.00 bits per heavy atom. The number of hydrogen-bond acceptors (Lipinski definition) is 8. The number of alkyl halides is 3. The van der Waals surface area contributed by atoms with E-state index < -0.39 is 17.5 Å². The van der Waals surface area contributed by atoms with Crippen molar-refractivity contribution in [2.45, 2.75) is 63.3 Å². The highest BCUT2D eigenvalue weighted by atomic mass is 32.1. The summed E-state index contributed by atoms with van der Waals surface area (Å²) in [7, 11) is 0. The fraction of sp³-hybridized carbons (Fsp3) is 0.481. The van der Waals surface area contributed by atoms with Gasteiger partial charge in [-0.2, -0.15) is 13.2 Å². The predicted octanol–water partition coefficient (Wildman–Crippen LogP) is 5.34. The maximum Gasteiger partial charge on any atom is 0.433 e. The van der Waals surface area contributed by atoms with E-state index in [0.29, 0.717) is 49.4 Å². The van der Waals surface area contributed by atoms with Gasteiger partial charge in [0.2, 0.25) is 11.9 Å². The van der Waals surface area contributed by atoms with Crippen LogP contribution in [0, 0.1) is 12.8 Å². The highest BCUT2D eigenvalue weighted by Crippen LogP contribution is 2.41. The molecule has 0 radical (unpaired) electrons. The number of aryl methyl sites for hydroxylation is 1. The minimum Gasteiger partial charge on any atom is -0.383 e. The van der Waals surface area contributed by atoms with Gasteiger partial charge in [0.05, 0.1) is 4.88 Å². The average molecular weight is 562 g/mol. The Bertz CT molecular complexity index is 1320. The van der Waals surface area contributed by atoms with Crippen molar-refractivity contribution in [1.29, 1.82) is 0 Å². The summed E-state index contributed by atoms with van der Waals surface area (Å²) in [6.45, 7) is 3.24. The van der Waals surface area contributed by atoms with Gasteiger partial charge in [-0.15, -0.1) is 11.3 Å². The molecule has 3 heterocycles. The first-order valence-corrected chi connectivity index (χ1v) is 13.7. The lowest BCUT2D eigenvalue weighted by molar-refractivity contribution is -0.141. The number of anilines is 2. The number of nitrogens with zero attached hydrogens (tertiary/aromatic N) is 3. The number of halogens is 3. The normalized spacial score (nSPS) is 23.5. The van der Waals surface area contributed by atoms with E-state index in [1.54, 1.807) is 18.3 Å². The molecule has 0 bridgehead atoms. The number of amides is 1. The molecule has 3 N–H and O–H groups in total. The molecule has 1 unspecified atom stereocenters. The lowest BCUT2D eigenvalue weighted by Gasteiger charge is -2.35. The Morgan fingerprint density at radius 1 is 1.21 bits per heavy atom. The Morgan fingerprint density at radius 3 is 2.72 bits per heavy atom. The number of rotatable bonds is 7. The number of thiazole rings is 1. The minimum atomic E-state index is -4.56. The fourth-order valence-electron chi connectivity index (χ4n) is 5.07. The molecule has 5 rings (SSSR count).